The van der Waals surface area contributed by atoms with E-state index in [1.807, 2.05) is 0 Å². The van der Waals surface area contributed by atoms with Crippen molar-refractivity contribution in [2.24, 2.45) is 0 Å². The molecule has 28 valence electrons. The van der Waals surface area contributed by atoms with Crippen molar-refractivity contribution in [1.82, 2.24) is 0 Å². The molecule has 0 N–H and O–H groups in total. The molecule has 1 aliphatic carbocycles. The maximum absolute atomic E-state index is 4.73. The Morgan fingerprint density at radius 2 is 2.20 bits per heavy atom. The smallest absolute Gasteiger partial charge is 0.115 e. The van der Waals surface area contributed by atoms with E-state index in [1.165, 1.54) is 0 Å². The van der Waals surface area contributed by atoms with Gasteiger partial charge in [0.1, 0.15) is 7.11 Å². The van der Waals surface area contributed by atoms with Gasteiger partial charge in [-0.25, -0.2) is 0 Å². The predicted molar refractivity (Wildman–Crippen MR) is 18.4 cm³/mol. The molecule has 1 heteroatoms. The lowest BCUT2D eigenvalue weighted by Crippen LogP contribution is -1.76. The lowest BCUT2D eigenvalue weighted by Gasteiger charge is -1.79. The molecule has 0 aromatic carbocycles. The van der Waals surface area contributed by atoms with Crippen LogP contribution in [0.5, 0.6) is 0 Å². The van der Waals surface area contributed by atoms with Crippen molar-refractivity contribution in [1.29, 1.82) is 0 Å². The first-order valence-electron chi connectivity index (χ1n) is 1.79. The third-order valence-corrected chi connectivity index (χ3v) is 0.717. The van der Waals surface area contributed by atoms with Crippen LogP contribution in [0.4, 0.5) is 0 Å². The summed E-state index contributed by atoms with van der Waals surface area (Å²) in [5.74, 6) is 0. The minimum atomic E-state index is 0.412. The monoisotopic (exact) mass is 70.0 g/mol. The minimum absolute atomic E-state index is 0.412. The van der Waals surface area contributed by atoms with Crippen molar-refractivity contribution in [2.45, 2.75) is 18.9 Å². The normalized spacial score (nSPS) is 23.4. The number of hydrogen-bond donors (Lipinski definition) is 0. The van der Waals surface area contributed by atoms with Gasteiger partial charge in [0.05, 0.1) is 6.10 Å². The summed E-state index contributed by atoms with van der Waals surface area (Å²) in [6.45, 7) is 0. The Kier molecular flexibility index (Phi) is 0.618. The van der Waals surface area contributed by atoms with Gasteiger partial charge in [0, 0.05) is 0 Å². The van der Waals surface area contributed by atoms with Crippen molar-refractivity contribution in [3.63, 3.8) is 0 Å². The molecule has 0 aromatic heterocycles. The van der Waals surface area contributed by atoms with Crippen LogP contribution in [-0.4, -0.2) is 6.10 Å². The molecule has 0 bridgehead atoms. The highest BCUT2D eigenvalue weighted by molar-refractivity contribution is 4.72. The first kappa shape index (κ1) is 3.16. The average molecular weight is 70.1 g/mol. The molecule has 1 fully saturated rings. The second kappa shape index (κ2) is 0.977. The molecule has 0 atom stereocenters. The van der Waals surface area contributed by atoms with Gasteiger partial charge in [-0.3, -0.25) is 0 Å². The third kappa shape index (κ3) is 0.618. The molecule has 0 unspecified atom stereocenters. The maximum atomic E-state index is 4.73. The topological polar surface area (TPSA) is 9.23 Å². The Morgan fingerprint density at radius 1 is 1.60 bits per heavy atom. The van der Waals surface area contributed by atoms with E-state index < -0.39 is 0 Å². The number of ether oxygens (including phenoxy) is 1. The largest absolute Gasteiger partial charge is 0.369 e. The molecule has 0 aromatic rings. The highest BCUT2D eigenvalue weighted by Gasteiger charge is 2.19. The zero-order valence-corrected chi connectivity index (χ0v) is 2.98. The van der Waals surface area contributed by atoms with Crippen LogP contribution in [0.1, 0.15) is 12.8 Å². The van der Waals surface area contributed by atoms with Gasteiger partial charge in [0.2, 0.25) is 0 Å². The molecule has 5 heavy (non-hydrogen) atoms. The molecular formula is C4H6O. The van der Waals surface area contributed by atoms with E-state index in [0.29, 0.717) is 6.10 Å². The van der Waals surface area contributed by atoms with Crippen molar-refractivity contribution in [3.8, 4) is 0 Å². The van der Waals surface area contributed by atoms with Crippen LogP contribution < -0.4 is 0 Å². The van der Waals surface area contributed by atoms with Gasteiger partial charge in [-0.2, -0.15) is 0 Å². The summed E-state index contributed by atoms with van der Waals surface area (Å²) in [7, 11) is 4.73. The second-order valence-electron chi connectivity index (χ2n) is 1.34. The van der Waals surface area contributed by atoms with Gasteiger partial charge < -0.3 is 4.74 Å². The predicted octanol–water partition coefficient (Wildman–Crippen LogP) is 0.834. The highest BCUT2D eigenvalue weighted by atomic mass is 16.5. The second-order valence-corrected chi connectivity index (χ2v) is 1.34. The Hall–Kier alpha value is -0.0400. The van der Waals surface area contributed by atoms with Gasteiger partial charge in [-0.05, 0) is 12.8 Å². The Labute approximate surface area is 31.9 Å². The summed E-state index contributed by atoms with van der Waals surface area (Å²) < 4.78 is 4.36. The van der Waals surface area contributed by atoms with Crippen LogP contribution in [0, 0.1) is 7.11 Å². The van der Waals surface area contributed by atoms with Gasteiger partial charge in [-0.15, -0.1) is 0 Å². The van der Waals surface area contributed by atoms with E-state index in [4.69, 9.17) is 7.11 Å². The number of hydrogen-bond acceptors (Lipinski definition) is 1. The van der Waals surface area contributed by atoms with Gasteiger partial charge in [0.25, 0.3) is 0 Å². The first-order valence-corrected chi connectivity index (χ1v) is 1.79. The van der Waals surface area contributed by atoms with Crippen molar-refractivity contribution in [2.75, 3.05) is 0 Å². The Bertz CT molecular complexity index is 30.6. The maximum Gasteiger partial charge on any atom is 0.115 e. The van der Waals surface area contributed by atoms with Crippen LogP contribution >= 0.6 is 0 Å². The summed E-state index contributed by atoms with van der Waals surface area (Å²) in [5, 5.41) is 0. The average Bonchev–Trinajstić information content (AvgIpc) is 2.12. The number of rotatable bonds is 1. The fraction of sp³-hybridized carbons (Fsp3) is 0.750. The van der Waals surface area contributed by atoms with E-state index in [2.05, 4.69) is 4.74 Å². The lowest BCUT2D eigenvalue weighted by atomic mass is 10.9. The molecule has 0 saturated heterocycles. The fourth-order valence-electron chi connectivity index (χ4n) is 0.204. The SMILES string of the molecule is [CH]OC1CC1. The van der Waals surface area contributed by atoms with Gasteiger partial charge in [-0.1, -0.05) is 0 Å². The fourth-order valence-corrected chi connectivity index (χ4v) is 0.204. The van der Waals surface area contributed by atoms with E-state index in [1.54, 1.807) is 0 Å². The molecule has 1 nitrogen and oxygen atoms in total. The Balaban J connectivity index is 2.00. The zero-order chi connectivity index (χ0) is 3.70. The molecule has 2 radical (unpaired) electrons. The summed E-state index contributed by atoms with van der Waals surface area (Å²) in [6.07, 6.45) is 2.74. The van der Waals surface area contributed by atoms with Gasteiger partial charge in [0.15, 0.2) is 0 Å². The molecule has 0 aliphatic heterocycles. The van der Waals surface area contributed by atoms with Crippen molar-refractivity contribution in [3.05, 3.63) is 7.11 Å². The van der Waals surface area contributed by atoms with Crippen molar-refractivity contribution < 1.29 is 4.74 Å². The van der Waals surface area contributed by atoms with Crippen LogP contribution in [0.25, 0.3) is 0 Å². The van der Waals surface area contributed by atoms with E-state index in [9.17, 15) is 0 Å². The summed E-state index contributed by atoms with van der Waals surface area (Å²) in [5.41, 5.74) is 0. The third-order valence-electron chi connectivity index (χ3n) is 0.717. The van der Waals surface area contributed by atoms with Crippen LogP contribution in [-0.2, 0) is 4.74 Å². The molecule has 1 saturated carbocycles. The van der Waals surface area contributed by atoms with Gasteiger partial charge >= 0.3 is 0 Å². The van der Waals surface area contributed by atoms with Crippen molar-refractivity contribution >= 4 is 0 Å². The molecule has 0 heterocycles. The molecule has 1 rings (SSSR count). The molecule has 0 amide bonds. The van der Waals surface area contributed by atoms with Crippen LogP contribution in [0.3, 0.4) is 0 Å². The molecular weight excluding hydrogens is 64.0 g/mol. The molecule has 1 aliphatic rings. The summed E-state index contributed by atoms with van der Waals surface area (Å²) >= 11 is 0. The van der Waals surface area contributed by atoms with E-state index >= 15 is 0 Å². The quantitative estimate of drug-likeness (QED) is 0.444. The zero-order valence-electron chi connectivity index (χ0n) is 2.98. The van der Waals surface area contributed by atoms with E-state index in [0.717, 1.165) is 12.8 Å². The standard InChI is InChI=1S/C4H6O/c1-5-4-2-3-4/h1,4H,2-3H2. The minimum Gasteiger partial charge on any atom is -0.369 e. The molecule has 0 spiro atoms. The van der Waals surface area contributed by atoms with Crippen LogP contribution in [0.2, 0.25) is 0 Å². The highest BCUT2D eigenvalue weighted by Crippen LogP contribution is 2.22. The van der Waals surface area contributed by atoms with E-state index in [-0.39, 0.29) is 0 Å². The lowest BCUT2D eigenvalue weighted by molar-refractivity contribution is 0.226. The first-order chi connectivity index (χ1) is 2.43. The summed E-state index contributed by atoms with van der Waals surface area (Å²) in [4.78, 5) is 0. The Morgan fingerprint density at radius 3 is 2.20 bits per heavy atom. The summed E-state index contributed by atoms with van der Waals surface area (Å²) in [6, 6.07) is 0. The van der Waals surface area contributed by atoms with Crippen LogP contribution in [0.15, 0.2) is 0 Å².